The summed E-state index contributed by atoms with van der Waals surface area (Å²) in [6, 6.07) is 0. The van der Waals surface area contributed by atoms with Crippen LogP contribution in [0.1, 0.15) is 0 Å². The molecule has 0 aliphatic carbocycles. The zero-order valence-corrected chi connectivity index (χ0v) is 9.40. The molecule has 0 aromatic heterocycles. The molecule has 6 heteroatoms. The maximum atomic E-state index is 10.7. The van der Waals surface area contributed by atoms with Gasteiger partial charge in [0.05, 0.1) is 32.5 Å². The first kappa shape index (κ1) is 11.7. The predicted molar refractivity (Wildman–Crippen MR) is 54.0 cm³/mol. The van der Waals surface area contributed by atoms with Crippen molar-refractivity contribution in [2.45, 2.75) is 6.10 Å². The first-order valence-electron chi connectivity index (χ1n) is 4.47. The molecule has 1 rings (SSSR count). The van der Waals surface area contributed by atoms with Crippen LogP contribution in [0, 0.1) is 0 Å². The first-order valence-corrected chi connectivity index (χ1v) is 5.59. The highest BCUT2D eigenvalue weighted by Gasteiger charge is 2.23. The molecule has 0 spiro atoms. The van der Waals surface area contributed by atoms with Crippen molar-refractivity contribution >= 4 is 22.0 Å². The minimum absolute atomic E-state index is 0.126. The van der Waals surface area contributed by atoms with E-state index in [0.717, 1.165) is 5.33 Å². The van der Waals surface area contributed by atoms with Crippen LogP contribution in [-0.4, -0.2) is 60.4 Å². The summed E-state index contributed by atoms with van der Waals surface area (Å²) in [4.78, 5) is 12.0. The Kier molecular flexibility index (Phi) is 5.21. The lowest BCUT2D eigenvalue weighted by molar-refractivity contribution is -0.0607. The van der Waals surface area contributed by atoms with Crippen molar-refractivity contribution in [2.24, 2.45) is 0 Å². The molecule has 1 heterocycles. The van der Waals surface area contributed by atoms with Gasteiger partial charge in [-0.15, -0.1) is 0 Å². The molecule has 5 nitrogen and oxygen atoms in total. The van der Waals surface area contributed by atoms with Crippen molar-refractivity contribution in [3.05, 3.63) is 0 Å². The van der Waals surface area contributed by atoms with Gasteiger partial charge in [0.15, 0.2) is 0 Å². The number of amides is 1. The van der Waals surface area contributed by atoms with E-state index in [2.05, 4.69) is 15.9 Å². The Labute approximate surface area is 91.1 Å². The third-order valence-electron chi connectivity index (χ3n) is 1.93. The average molecular weight is 268 g/mol. The van der Waals surface area contributed by atoms with Gasteiger partial charge in [-0.25, -0.2) is 4.79 Å². The maximum absolute atomic E-state index is 10.7. The van der Waals surface area contributed by atoms with Crippen molar-refractivity contribution in [2.75, 3.05) is 38.2 Å². The SMILES string of the molecule is O=C(O)N1CCO[C@H](COCCBr)C1. The highest BCUT2D eigenvalue weighted by atomic mass is 79.9. The number of nitrogens with zero attached hydrogens (tertiary/aromatic N) is 1. The van der Waals surface area contributed by atoms with Crippen LogP contribution in [0.2, 0.25) is 0 Å². The monoisotopic (exact) mass is 267 g/mol. The number of alkyl halides is 1. The second kappa shape index (κ2) is 6.21. The quantitative estimate of drug-likeness (QED) is 0.604. The van der Waals surface area contributed by atoms with Gasteiger partial charge in [-0.1, -0.05) is 15.9 Å². The molecule has 0 bridgehead atoms. The number of carboxylic acid groups (broad SMARTS) is 1. The lowest BCUT2D eigenvalue weighted by Crippen LogP contribution is -2.46. The van der Waals surface area contributed by atoms with Crippen LogP contribution in [-0.2, 0) is 9.47 Å². The smallest absolute Gasteiger partial charge is 0.407 e. The Morgan fingerprint density at radius 1 is 1.71 bits per heavy atom. The normalized spacial score (nSPS) is 22.4. The van der Waals surface area contributed by atoms with Crippen LogP contribution in [0.5, 0.6) is 0 Å². The van der Waals surface area contributed by atoms with Gasteiger partial charge in [-0.05, 0) is 0 Å². The molecule has 1 fully saturated rings. The van der Waals surface area contributed by atoms with Gasteiger partial charge in [0.2, 0.25) is 0 Å². The van der Waals surface area contributed by atoms with E-state index >= 15 is 0 Å². The van der Waals surface area contributed by atoms with Crippen molar-refractivity contribution < 1.29 is 19.4 Å². The van der Waals surface area contributed by atoms with E-state index in [1.54, 1.807) is 0 Å². The highest BCUT2D eigenvalue weighted by Crippen LogP contribution is 2.05. The van der Waals surface area contributed by atoms with Crippen LogP contribution in [0.4, 0.5) is 4.79 Å². The second-order valence-electron chi connectivity index (χ2n) is 2.99. The van der Waals surface area contributed by atoms with E-state index in [9.17, 15) is 4.79 Å². The Bertz CT molecular complexity index is 190. The van der Waals surface area contributed by atoms with Gasteiger partial charge in [-0.3, -0.25) is 0 Å². The van der Waals surface area contributed by atoms with Gasteiger partial charge < -0.3 is 19.5 Å². The Morgan fingerprint density at radius 3 is 3.14 bits per heavy atom. The molecule has 1 N–H and O–H groups in total. The summed E-state index contributed by atoms with van der Waals surface area (Å²) in [5.74, 6) is 0. The predicted octanol–water partition coefficient (Wildman–Crippen LogP) is 0.777. The van der Waals surface area contributed by atoms with Crippen LogP contribution in [0.3, 0.4) is 0 Å². The molecule has 0 aromatic carbocycles. The summed E-state index contributed by atoms with van der Waals surface area (Å²) in [7, 11) is 0. The second-order valence-corrected chi connectivity index (χ2v) is 3.78. The number of carbonyl (C=O) groups is 1. The lowest BCUT2D eigenvalue weighted by atomic mass is 10.3. The van der Waals surface area contributed by atoms with Gasteiger partial charge >= 0.3 is 6.09 Å². The van der Waals surface area contributed by atoms with E-state index in [-0.39, 0.29) is 6.10 Å². The largest absolute Gasteiger partial charge is 0.465 e. The summed E-state index contributed by atoms with van der Waals surface area (Å²) < 4.78 is 10.6. The van der Waals surface area contributed by atoms with E-state index < -0.39 is 6.09 Å². The van der Waals surface area contributed by atoms with Crippen molar-refractivity contribution in [1.82, 2.24) is 4.90 Å². The van der Waals surface area contributed by atoms with Crippen LogP contribution >= 0.6 is 15.9 Å². The van der Waals surface area contributed by atoms with Gasteiger partial charge in [-0.2, -0.15) is 0 Å². The molecule has 1 atom stereocenters. The summed E-state index contributed by atoms with van der Waals surface area (Å²) in [6.07, 6.45) is -1.02. The summed E-state index contributed by atoms with van der Waals surface area (Å²) >= 11 is 3.24. The molecule has 0 radical (unpaired) electrons. The first-order chi connectivity index (χ1) is 6.74. The number of hydrogen-bond donors (Lipinski definition) is 1. The molecule has 0 aromatic rings. The summed E-state index contributed by atoms with van der Waals surface area (Å²) in [5.41, 5.74) is 0. The minimum Gasteiger partial charge on any atom is -0.465 e. The van der Waals surface area contributed by atoms with Crippen molar-refractivity contribution in [3.8, 4) is 0 Å². The summed E-state index contributed by atoms with van der Waals surface area (Å²) in [6.45, 7) is 2.37. The number of morpholine rings is 1. The number of ether oxygens (including phenoxy) is 2. The number of hydrogen-bond acceptors (Lipinski definition) is 3. The molecule has 1 amide bonds. The molecule has 0 unspecified atom stereocenters. The molecule has 1 saturated heterocycles. The highest BCUT2D eigenvalue weighted by molar-refractivity contribution is 9.09. The Morgan fingerprint density at radius 2 is 2.50 bits per heavy atom. The average Bonchev–Trinajstić information content (AvgIpc) is 2.19. The number of halogens is 1. The van der Waals surface area contributed by atoms with Crippen LogP contribution in [0.15, 0.2) is 0 Å². The van der Waals surface area contributed by atoms with Gasteiger partial charge in [0, 0.05) is 11.9 Å². The fourth-order valence-corrected chi connectivity index (χ4v) is 1.49. The lowest BCUT2D eigenvalue weighted by Gasteiger charge is -2.30. The van der Waals surface area contributed by atoms with Crippen molar-refractivity contribution in [1.29, 1.82) is 0 Å². The topological polar surface area (TPSA) is 59.0 Å². The van der Waals surface area contributed by atoms with Crippen LogP contribution in [0.25, 0.3) is 0 Å². The standard InChI is InChI=1S/C8H14BrNO4/c9-1-3-13-6-7-5-10(8(11)12)2-4-14-7/h7H,1-6H2,(H,11,12)/t7-/m0/s1. The number of rotatable bonds is 4. The molecule has 82 valence electrons. The molecule has 0 saturated carbocycles. The minimum atomic E-state index is -0.890. The fourth-order valence-electron chi connectivity index (χ4n) is 1.26. The molecular weight excluding hydrogens is 254 g/mol. The van der Waals surface area contributed by atoms with E-state index in [4.69, 9.17) is 14.6 Å². The Hall–Kier alpha value is -0.330. The maximum Gasteiger partial charge on any atom is 0.407 e. The van der Waals surface area contributed by atoms with Gasteiger partial charge in [0.25, 0.3) is 0 Å². The van der Waals surface area contributed by atoms with E-state index in [1.165, 1.54) is 4.90 Å². The van der Waals surface area contributed by atoms with E-state index in [0.29, 0.717) is 32.9 Å². The van der Waals surface area contributed by atoms with Gasteiger partial charge in [0.1, 0.15) is 0 Å². The zero-order chi connectivity index (χ0) is 10.4. The fraction of sp³-hybridized carbons (Fsp3) is 0.875. The third-order valence-corrected chi connectivity index (χ3v) is 2.26. The molecule has 1 aliphatic heterocycles. The molecule has 1 aliphatic rings. The molecule has 14 heavy (non-hydrogen) atoms. The summed E-state index contributed by atoms with van der Waals surface area (Å²) in [5, 5.41) is 9.53. The van der Waals surface area contributed by atoms with E-state index in [1.807, 2.05) is 0 Å². The zero-order valence-electron chi connectivity index (χ0n) is 7.82. The van der Waals surface area contributed by atoms with Crippen molar-refractivity contribution in [3.63, 3.8) is 0 Å². The van der Waals surface area contributed by atoms with Crippen LogP contribution < -0.4 is 0 Å². The third kappa shape index (κ3) is 3.81. The Balaban J connectivity index is 2.22. The molecular formula is C8H14BrNO4.